The number of hydrogen-bond donors (Lipinski definition) is 3. The van der Waals surface area contributed by atoms with Gasteiger partial charge in [-0.3, -0.25) is 14.4 Å². The van der Waals surface area contributed by atoms with E-state index in [0.29, 0.717) is 0 Å². The first-order valence-electron chi connectivity index (χ1n) is 5.18. The molecule has 3 N–H and O–H groups in total. The molecule has 98 valence electrons. The minimum absolute atomic E-state index is 0.164. The zero-order valence-electron chi connectivity index (χ0n) is 9.99. The van der Waals surface area contributed by atoms with Crippen LogP contribution in [0.1, 0.15) is 20.8 Å². The van der Waals surface area contributed by atoms with Gasteiger partial charge in [0.2, 0.25) is 11.8 Å². The molecule has 6 nitrogen and oxygen atoms in total. The number of carboxylic acid groups (broad SMARTS) is 1. The van der Waals surface area contributed by atoms with Crippen molar-refractivity contribution in [3.8, 4) is 0 Å². The molecule has 0 aliphatic heterocycles. The maximum atomic E-state index is 11.7. The first-order chi connectivity index (χ1) is 7.79. The molecule has 0 spiro atoms. The van der Waals surface area contributed by atoms with Gasteiger partial charge in [0, 0.05) is 0 Å². The second-order valence-corrected chi connectivity index (χ2v) is 4.26. The summed E-state index contributed by atoms with van der Waals surface area (Å²) in [5, 5.41) is 13.4. The number of hydrogen-bond acceptors (Lipinski definition) is 3. The lowest BCUT2D eigenvalue weighted by atomic mass is 10.0. The van der Waals surface area contributed by atoms with Crippen LogP contribution in [0.25, 0.3) is 0 Å². The Kier molecular flexibility index (Phi) is 6.57. The van der Waals surface area contributed by atoms with Crippen LogP contribution in [0.2, 0.25) is 0 Å². The summed E-state index contributed by atoms with van der Waals surface area (Å²) in [4.78, 5) is 33.4. The summed E-state index contributed by atoms with van der Waals surface area (Å²) in [6, 6.07) is -1.79. The van der Waals surface area contributed by atoms with E-state index in [1.165, 1.54) is 6.92 Å². The molecule has 7 heteroatoms. The van der Waals surface area contributed by atoms with Gasteiger partial charge >= 0.3 is 5.97 Å². The lowest BCUT2D eigenvalue weighted by Gasteiger charge is -2.22. The van der Waals surface area contributed by atoms with Gasteiger partial charge in [0.25, 0.3) is 0 Å². The smallest absolute Gasteiger partial charge is 0.325 e. The van der Waals surface area contributed by atoms with Crippen molar-refractivity contribution >= 4 is 29.4 Å². The molecule has 0 aromatic heterocycles. The molecule has 2 amide bonds. The monoisotopic (exact) mass is 264 g/mol. The van der Waals surface area contributed by atoms with Gasteiger partial charge in [-0.15, -0.1) is 11.6 Å². The number of aliphatic carboxylic acids is 1. The Labute approximate surface area is 105 Å². The molecule has 0 unspecified atom stereocenters. The van der Waals surface area contributed by atoms with E-state index in [1.807, 2.05) is 0 Å². The highest BCUT2D eigenvalue weighted by Gasteiger charge is 2.26. The highest BCUT2D eigenvalue weighted by Crippen LogP contribution is 2.02. The van der Waals surface area contributed by atoms with Crippen LogP contribution < -0.4 is 10.6 Å². The van der Waals surface area contributed by atoms with E-state index < -0.39 is 29.9 Å². The average molecular weight is 265 g/mol. The van der Waals surface area contributed by atoms with Gasteiger partial charge in [0.05, 0.1) is 0 Å². The van der Waals surface area contributed by atoms with Crippen LogP contribution >= 0.6 is 11.6 Å². The van der Waals surface area contributed by atoms with Crippen LogP contribution in [-0.2, 0) is 14.4 Å². The number of amides is 2. The number of nitrogens with one attached hydrogen (secondary N) is 2. The van der Waals surface area contributed by atoms with Crippen molar-refractivity contribution in [2.45, 2.75) is 32.9 Å². The van der Waals surface area contributed by atoms with Gasteiger partial charge in [-0.2, -0.15) is 0 Å². The molecular formula is C10H17ClN2O4. The van der Waals surface area contributed by atoms with Crippen LogP contribution in [0.4, 0.5) is 0 Å². The van der Waals surface area contributed by atoms with E-state index in [4.69, 9.17) is 16.7 Å². The molecule has 0 heterocycles. The Morgan fingerprint density at radius 2 is 1.71 bits per heavy atom. The molecule has 0 saturated carbocycles. The highest BCUT2D eigenvalue weighted by molar-refractivity contribution is 6.27. The summed E-state index contributed by atoms with van der Waals surface area (Å²) >= 11 is 5.32. The van der Waals surface area contributed by atoms with Crippen molar-refractivity contribution in [1.29, 1.82) is 0 Å². The largest absolute Gasteiger partial charge is 0.480 e. The molecule has 17 heavy (non-hydrogen) atoms. The van der Waals surface area contributed by atoms with E-state index in [9.17, 15) is 14.4 Å². The molecule has 0 aliphatic carbocycles. The predicted octanol–water partition coefficient (Wildman–Crippen LogP) is -0.0447. The molecule has 2 atom stereocenters. The van der Waals surface area contributed by atoms with Crippen molar-refractivity contribution in [1.82, 2.24) is 10.6 Å². The van der Waals surface area contributed by atoms with E-state index in [2.05, 4.69) is 10.6 Å². The highest BCUT2D eigenvalue weighted by atomic mass is 35.5. The molecule has 0 aromatic rings. The van der Waals surface area contributed by atoms with E-state index in [0.717, 1.165) is 0 Å². The number of rotatable bonds is 6. The van der Waals surface area contributed by atoms with Crippen LogP contribution in [0, 0.1) is 5.92 Å². The van der Waals surface area contributed by atoms with Gasteiger partial charge in [-0.25, -0.2) is 0 Å². The Morgan fingerprint density at radius 1 is 1.18 bits per heavy atom. The third-order valence-corrected chi connectivity index (χ3v) is 2.36. The third-order valence-electron chi connectivity index (χ3n) is 2.12. The van der Waals surface area contributed by atoms with Crippen molar-refractivity contribution in [2.24, 2.45) is 5.92 Å². The summed E-state index contributed by atoms with van der Waals surface area (Å²) < 4.78 is 0. The van der Waals surface area contributed by atoms with E-state index in [-0.39, 0.29) is 11.8 Å². The SMILES string of the molecule is CC(C)[C@H](NC(=O)CCl)C(=O)N[C@@H](C)C(=O)O. The number of halogens is 1. The Hall–Kier alpha value is -1.30. The molecule has 0 fully saturated rings. The lowest BCUT2D eigenvalue weighted by molar-refractivity contribution is -0.141. The topological polar surface area (TPSA) is 95.5 Å². The van der Waals surface area contributed by atoms with Crippen LogP contribution in [0.5, 0.6) is 0 Å². The summed E-state index contributed by atoms with van der Waals surface area (Å²) in [5.41, 5.74) is 0. The molecular weight excluding hydrogens is 248 g/mol. The standard InChI is InChI=1S/C10H17ClN2O4/c1-5(2)8(13-7(14)4-11)9(15)12-6(3)10(16)17/h5-6,8H,4H2,1-3H3,(H,12,15)(H,13,14)(H,16,17)/t6-,8-/m0/s1. The fourth-order valence-corrected chi connectivity index (χ4v) is 1.19. The average Bonchev–Trinajstić information content (AvgIpc) is 2.24. The predicted molar refractivity (Wildman–Crippen MR) is 62.7 cm³/mol. The second-order valence-electron chi connectivity index (χ2n) is 3.99. The van der Waals surface area contributed by atoms with Crippen LogP contribution in [-0.4, -0.2) is 40.9 Å². The number of carbonyl (C=O) groups is 3. The number of alkyl halides is 1. The first kappa shape index (κ1) is 15.7. The summed E-state index contributed by atoms with van der Waals surface area (Å²) in [6.07, 6.45) is 0. The van der Waals surface area contributed by atoms with E-state index in [1.54, 1.807) is 13.8 Å². The van der Waals surface area contributed by atoms with E-state index >= 15 is 0 Å². The zero-order chi connectivity index (χ0) is 13.6. The number of carboxylic acids is 1. The van der Waals surface area contributed by atoms with Gasteiger partial charge in [-0.05, 0) is 12.8 Å². The Bertz CT molecular complexity index is 307. The molecule has 0 radical (unpaired) electrons. The van der Waals surface area contributed by atoms with Crippen LogP contribution in [0.15, 0.2) is 0 Å². The van der Waals surface area contributed by atoms with Gasteiger partial charge in [0.1, 0.15) is 18.0 Å². The fourth-order valence-electron chi connectivity index (χ4n) is 1.11. The van der Waals surface area contributed by atoms with Gasteiger partial charge < -0.3 is 15.7 Å². The molecule has 0 saturated heterocycles. The van der Waals surface area contributed by atoms with Crippen molar-refractivity contribution in [3.05, 3.63) is 0 Å². The molecule has 0 rings (SSSR count). The maximum Gasteiger partial charge on any atom is 0.325 e. The number of carbonyl (C=O) groups excluding carboxylic acids is 2. The van der Waals surface area contributed by atoms with Gasteiger partial charge in [-0.1, -0.05) is 13.8 Å². The molecule has 0 aromatic carbocycles. The van der Waals surface area contributed by atoms with Gasteiger partial charge in [0.15, 0.2) is 0 Å². The van der Waals surface area contributed by atoms with Crippen molar-refractivity contribution < 1.29 is 19.5 Å². The zero-order valence-corrected chi connectivity index (χ0v) is 10.7. The maximum absolute atomic E-state index is 11.7. The second kappa shape index (κ2) is 7.11. The Morgan fingerprint density at radius 3 is 2.06 bits per heavy atom. The first-order valence-corrected chi connectivity index (χ1v) is 5.71. The quantitative estimate of drug-likeness (QED) is 0.587. The summed E-state index contributed by atoms with van der Waals surface area (Å²) in [7, 11) is 0. The molecule has 0 aliphatic rings. The normalized spacial score (nSPS) is 13.9. The van der Waals surface area contributed by atoms with Crippen LogP contribution in [0.3, 0.4) is 0 Å². The lowest BCUT2D eigenvalue weighted by Crippen LogP contribution is -2.53. The summed E-state index contributed by atoms with van der Waals surface area (Å²) in [6.45, 7) is 4.83. The Balaban J connectivity index is 4.55. The minimum atomic E-state index is -1.13. The van der Waals surface area contributed by atoms with Crippen molar-refractivity contribution in [3.63, 3.8) is 0 Å². The molecule has 0 bridgehead atoms. The summed E-state index contributed by atoms with van der Waals surface area (Å²) in [5.74, 6) is -2.55. The fraction of sp³-hybridized carbons (Fsp3) is 0.700. The van der Waals surface area contributed by atoms with Crippen molar-refractivity contribution in [2.75, 3.05) is 5.88 Å². The minimum Gasteiger partial charge on any atom is -0.480 e. The third kappa shape index (κ3) is 5.53.